The van der Waals surface area contributed by atoms with Gasteiger partial charge in [0.2, 0.25) is 0 Å². The van der Waals surface area contributed by atoms with Crippen LogP contribution in [0, 0.1) is 23.0 Å². The number of H-pyrrole nitrogens is 1. The second kappa shape index (κ2) is 9.22. The minimum Gasteiger partial charge on any atom is -0.382 e. The number of nitrogen functional groups attached to an aromatic ring is 1. The van der Waals surface area contributed by atoms with E-state index in [4.69, 9.17) is 5.73 Å². The first-order valence-electron chi connectivity index (χ1n) is 11.6. The van der Waals surface area contributed by atoms with Crippen molar-refractivity contribution in [2.75, 3.05) is 23.7 Å². The molecule has 1 saturated heterocycles. The molecule has 3 aromatic heterocycles. The van der Waals surface area contributed by atoms with Crippen molar-refractivity contribution in [2.24, 2.45) is 0 Å². The molecule has 1 fully saturated rings. The first-order chi connectivity index (χ1) is 18.4. The van der Waals surface area contributed by atoms with Crippen LogP contribution in [0.3, 0.4) is 0 Å². The summed E-state index contributed by atoms with van der Waals surface area (Å²) in [6, 6.07) is 2.90. The molecular formula is C24H20F5N9O. The normalized spacial score (nSPS) is 15.6. The quantitative estimate of drug-likeness (QED) is 0.315. The number of fused-ring (bicyclic) bond motifs is 1. The van der Waals surface area contributed by atoms with Crippen LogP contribution in [0.4, 0.5) is 33.5 Å². The van der Waals surface area contributed by atoms with Gasteiger partial charge in [0, 0.05) is 36.9 Å². The van der Waals surface area contributed by atoms with Crippen molar-refractivity contribution >= 4 is 28.4 Å². The Bertz CT molecular complexity index is 1610. The van der Waals surface area contributed by atoms with Gasteiger partial charge in [0.15, 0.2) is 5.82 Å². The summed E-state index contributed by atoms with van der Waals surface area (Å²) in [5.41, 5.74) is 5.79. The summed E-state index contributed by atoms with van der Waals surface area (Å²) in [4.78, 5) is 25.0. The molecule has 1 amide bonds. The zero-order chi connectivity index (χ0) is 28.1. The van der Waals surface area contributed by atoms with E-state index < -0.39 is 40.9 Å². The molecule has 0 aliphatic carbocycles. The third-order valence-electron chi connectivity index (χ3n) is 6.68. The van der Waals surface area contributed by atoms with Gasteiger partial charge in [-0.1, -0.05) is 0 Å². The number of carbonyl (C=O) groups is 1. The fourth-order valence-electron chi connectivity index (χ4n) is 4.53. The standard InChI is InChI=1S/C24H20F5N9O/c1-12(24(27,28)29)35-22(39)14-6-17(26)18(7-16(14)25)37-9-23(10-37,3-4-30)38-8-15(20(31)36-38)19-13-2-5-32-21(13)34-11-33-19/h2,5-8,11-12H,3,9-10H2,1H3,(H2,31,36)(H,35,39)(H,32,33,34). The Morgan fingerprint density at radius 1 is 1.28 bits per heavy atom. The summed E-state index contributed by atoms with van der Waals surface area (Å²) >= 11 is 0. The van der Waals surface area contributed by atoms with Crippen LogP contribution in [0.15, 0.2) is 36.9 Å². The van der Waals surface area contributed by atoms with Gasteiger partial charge in [0.05, 0.1) is 35.0 Å². The van der Waals surface area contributed by atoms with Gasteiger partial charge in [-0.25, -0.2) is 18.7 Å². The number of nitrogens with two attached hydrogens (primary N) is 1. The van der Waals surface area contributed by atoms with Crippen molar-refractivity contribution in [1.82, 2.24) is 30.0 Å². The fraction of sp³-hybridized carbons (Fsp3) is 0.292. The number of nitrogens with zero attached hydrogens (tertiary/aromatic N) is 6. The van der Waals surface area contributed by atoms with E-state index in [1.807, 2.05) is 0 Å². The second-order valence-corrected chi connectivity index (χ2v) is 9.27. The lowest BCUT2D eigenvalue weighted by Crippen LogP contribution is -2.63. The van der Waals surface area contributed by atoms with Crippen LogP contribution in [0.25, 0.3) is 22.3 Å². The average molecular weight is 545 g/mol. The third kappa shape index (κ3) is 4.47. The van der Waals surface area contributed by atoms with Crippen molar-refractivity contribution in [2.45, 2.75) is 31.1 Å². The number of benzene rings is 1. The Hall–Kier alpha value is -4.74. The molecule has 1 aliphatic heterocycles. The van der Waals surface area contributed by atoms with Gasteiger partial charge in [0.25, 0.3) is 5.91 Å². The molecule has 1 aromatic carbocycles. The Labute approximate surface area is 217 Å². The minimum absolute atomic E-state index is 0.0344. The Balaban J connectivity index is 1.40. The first kappa shape index (κ1) is 25.9. The maximum absolute atomic E-state index is 14.9. The number of alkyl halides is 3. The number of halogens is 5. The lowest BCUT2D eigenvalue weighted by Gasteiger charge is -2.50. The molecule has 4 aromatic rings. The average Bonchev–Trinajstić information content (AvgIpc) is 3.48. The number of aromatic amines is 1. The predicted octanol–water partition coefficient (Wildman–Crippen LogP) is 3.49. The lowest BCUT2D eigenvalue weighted by atomic mass is 9.86. The van der Waals surface area contributed by atoms with Crippen LogP contribution in [0.1, 0.15) is 23.7 Å². The van der Waals surface area contributed by atoms with E-state index >= 15 is 0 Å². The van der Waals surface area contributed by atoms with Crippen LogP contribution >= 0.6 is 0 Å². The first-order valence-corrected chi connectivity index (χ1v) is 11.6. The second-order valence-electron chi connectivity index (χ2n) is 9.27. The number of nitriles is 1. The number of anilines is 2. The van der Waals surface area contributed by atoms with E-state index in [9.17, 15) is 32.0 Å². The van der Waals surface area contributed by atoms with E-state index in [-0.39, 0.29) is 31.0 Å². The molecule has 1 atom stereocenters. The number of carbonyl (C=O) groups excluding carboxylic acids is 1. The molecule has 202 valence electrons. The molecule has 4 N–H and O–H groups in total. The Kier molecular flexibility index (Phi) is 6.12. The zero-order valence-corrected chi connectivity index (χ0v) is 20.2. The number of rotatable bonds is 6. The number of amides is 1. The topological polar surface area (TPSA) is 142 Å². The monoisotopic (exact) mass is 545 g/mol. The van der Waals surface area contributed by atoms with Gasteiger partial charge >= 0.3 is 6.18 Å². The number of hydrogen-bond acceptors (Lipinski definition) is 7. The van der Waals surface area contributed by atoms with Crippen LogP contribution in [0.2, 0.25) is 0 Å². The molecule has 5 rings (SSSR count). The summed E-state index contributed by atoms with van der Waals surface area (Å²) in [6.45, 7) is 0.767. The van der Waals surface area contributed by atoms with Crippen molar-refractivity contribution in [3.63, 3.8) is 0 Å². The lowest BCUT2D eigenvalue weighted by molar-refractivity contribution is -0.149. The zero-order valence-electron chi connectivity index (χ0n) is 20.2. The summed E-state index contributed by atoms with van der Waals surface area (Å²) in [6.07, 6.45) is -0.0858. The summed E-state index contributed by atoms with van der Waals surface area (Å²) in [7, 11) is 0. The molecule has 0 spiro atoms. The van der Waals surface area contributed by atoms with Gasteiger partial charge in [-0.15, -0.1) is 0 Å². The molecular weight excluding hydrogens is 525 g/mol. The summed E-state index contributed by atoms with van der Waals surface area (Å²) in [5, 5.41) is 16.2. The Morgan fingerprint density at radius 3 is 2.72 bits per heavy atom. The van der Waals surface area contributed by atoms with E-state index in [1.54, 1.807) is 23.8 Å². The smallest absolute Gasteiger partial charge is 0.382 e. The number of hydrogen-bond donors (Lipinski definition) is 3. The summed E-state index contributed by atoms with van der Waals surface area (Å²) < 4.78 is 69.4. The van der Waals surface area contributed by atoms with Crippen molar-refractivity contribution in [3.05, 3.63) is 54.1 Å². The van der Waals surface area contributed by atoms with Gasteiger partial charge in [0.1, 0.15) is 35.2 Å². The highest BCUT2D eigenvalue weighted by Crippen LogP contribution is 2.40. The van der Waals surface area contributed by atoms with Crippen LogP contribution < -0.4 is 16.0 Å². The highest BCUT2D eigenvalue weighted by molar-refractivity contribution is 5.95. The largest absolute Gasteiger partial charge is 0.408 e. The van der Waals surface area contributed by atoms with Gasteiger partial charge in [-0.3, -0.25) is 9.48 Å². The SMILES string of the molecule is CC(NC(=O)c1cc(F)c(N2CC(CC#N)(n3cc(-c4ncnc5[nH]ccc45)c(N)n3)C2)cc1F)C(F)(F)F. The van der Waals surface area contributed by atoms with E-state index in [0.717, 1.165) is 6.07 Å². The molecule has 10 nitrogen and oxygen atoms in total. The van der Waals surface area contributed by atoms with Crippen LogP contribution in [0.5, 0.6) is 0 Å². The van der Waals surface area contributed by atoms with Crippen molar-refractivity contribution in [3.8, 4) is 17.3 Å². The molecule has 0 bridgehead atoms. The fourth-order valence-corrected chi connectivity index (χ4v) is 4.53. The van der Waals surface area contributed by atoms with E-state index in [2.05, 4.69) is 26.1 Å². The van der Waals surface area contributed by atoms with Crippen LogP contribution in [-0.2, 0) is 5.54 Å². The maximum Gasteiger partial charge on any atom is 0.408 e. The molecule has 4 heterocycles. The summed E-state index contributed by atoms with van der Waals surface area (Å²) in [5.74, 6) is -3.46. The molecule has 39 heavy (non-hydrogen) atoms. The molecule has 15 heteroatoms. The predicted molar refractivity (Wildman–Crippen MR) is 129 cm³/mol. The molecule has 1 unspecified atom stereocenters. The van der Waals surface area contributed by atoms with Gasteiger partial charge in [-0.05, 0) is 19.1 Å². The van der Waals surface area contributed by atoms with Gasteiger partial charge < -0.3 is 20.9 Å². The maximum atomic E-state index is 14.9. The van der Waals surface area contributed by atoms with Crippen LogP contribution in [-0.4, -0.2) is 55.9 Å². The molecule has 0 saturated carbocycles. The molecule has 1 aliphatic rings. The Morgan fingerprint density at radius 2 is 2.03 bits per heavy atom. The van der Waals surface area contributed by atoms with E-state index in [1.165, 1.54) is 15.9 Å². The number of aromatic nitrogens is 5. The molecule has 0 radical (unpaired) electrons. The van der Waals surface area contributed by atoms with Crippen molar-refractivity contribution < 1.29 is 26.7 Å². The van der Waals surface area contributed by atoms with Gasteiger partial charge in [-0.2, -0.15) is 23.5 Å². The highest BCUT2D eigenvalue weighted by Gasteiger charge is 2.47. The number of nitrogens with one attached hydrogen (secondary N) is 2. The van der Waals surface area contributed by atoms with Crippen molar-refractivity contribution in [1.29, 1.82) is 5.26 Å². The third-order valence-corrected chi connectivity index (χ3v) is 6.68. The highest BCUT2D eigenvalue weighted by atomic mass is 19.4. The minimum atomic E-state index is -4.75. The van der Waals surface area contributed by atoms with E-state index in [0.29, 0.717) is 35.3 Å².